The molecule has 0 atom stereocenters. The largest absolute Gasteiger partial charge is 0.304 e. The van der Waals surface area contributed by atoms with Gasteiger partial charge in [-0.2, -0.15) is 0 Å². The molecule has 0 fully saturated rings. The molecular formula is C17H27N. The van der Waals surface area contributed by atoms with Crippen LogP contribution in [0.4, 0.5) is 0 Å². The molecule has 0 saturated heterocycles. The maximum atomic E-state index is 8.36. The van der Waals surface area contributed by atoms with Gasteiger partial charge in [0, 0.05) is 11.1 Å². The number of rotatable bonds is 3. The van der Waals surface area contributed by atoms with Gasteiger partial charge in [-0.3, -0.25) is 0 Å². The number of hydrogen-bond donors (Lipinski definition) is 1. The highest BCUT2D eigenvalue weighted by molar-refractivity contribution is 6.03. The summed E-state index contributed by atoms with van der Waals surface area (Å²) in [4.78, 5) is 0. The minimum absolute atomic E-state index is 0.0855. The van der Waals surface area contributed by atoms with E-state index in [1.54, 1.807) is 0 Å². The van der Waals surface area contributed by atoms with E-state index in [1.165, 1.54) is 5.56 Å². The number of nitrogens with one attached hydrogen (secondary N) is 1. The van der Waals surface area contributed by atoms with E-state index in [-0.39, 0.29) is 5.41 Å². The van der Waals surface area contributed by atoms with Crippen LogP contribution in [-0.4, -0.2) is 5.71 Å². The van der Waals surface area contributed by atoms with Crippen LogP contribution in [0.1, 0.15) is 59.1 Å². The van der Waals surface area contributed by atoms with Gasteiger partial charge in [0.25, 0.3) is 0 Å². The van der Waals surface area contributed by atoms with E-state index in [2.05, 4.69) is 59.7 Å². The van der Waals surface area contributed by atoms with Gasteiger partial charge < -0.3 is 5.41 Å². The first kappa shape index (κ1) is 14.9. The van der Waals surface area contributed by atoms with Gasteiger partial charge in [0.05, 0.1) is 0 Å². The Bertz CT molecular complexity index is 416. The Kier molecular flexibility index (Phi) is 4.37. The molecule has 0 heterocycles. The molecule has 0 bridgehead atoms. The second-order valence-corrected chi connectivity index (χ2v) is 7.34. The molecule has 0 aromatic heterocycles. The standard InChI is InChI=1S/C17H27N/c1-16(2,3)12-11-13-9-7-8-10-14(13)15(18)17(4,5)6/h7-10,18H,11-12H2,1-6H3. The molecule has 0 saturated carbocycles. The lowest BCUT2D eigenvalue weighted by Crippen LogP contribution is -2.22. The fraction of sp³-hybridized carbons (Fsp3) is 0.588. The van der Waals surface area contributed by atoms with E-state index in [9.17, 15) is 0 Å². The Hall–Kier alpha value is -1.11. The molecule has 18 heavy (non-hydrogen) atoms. The van der Waals surface area contributed by atoms with Crippen molar-refractivity contribution in [3.8, 4) is 0 Å². The maximum absolute atomic E-state index is 8.36. The first-order chi connectivity index (χ1) is 8.11. The van der Waals surface area contributed by atoms with Gasteiger partial charge in [0.2, 0.25) is 0 Å². The van der Waals surface area contributed by atoms with Crippen molar-refractivity contribution in [2.45, 2.75) is 54.4 Å². The molecule has 0 aliphatic rings. The first-order valence-electron chi connectivity index (χ1n) is 6.78. The van der Waals surface area contributed by atoms with Crippen LogP contribution in [0.5, 0.6) is 0 Å². The van der Waals surface area contributed by atoms with Crippen molar-refractivity contribution in [3.63, 3.8) is 0 Å². The molecule has 1 aromatic rings. The zero-order chi connectivity index (χ0) is 14.0. The smallest absolute Gasteiger partial charge is 0.0442 e. The summed E-state index contributed by atoms with van der Waals surface area (Å²) in [5, 5.41) is 8.36. The van der Waals surface area contributed by atoms with Crippen LogP contribution in [0.15, 0.2) is 24.3 Å². The van der Waals surface area contributed by atoms with E-state index >= 15 is 0 Å². The van der Waals surface area contributed by atoms with Crippen molar-refractivity contribution in [2.75, 3.05) is 0 Å². The van der Waals surface area contributed by atoms with Crippen LogP contribution in [0, 0.1) is 16.2 Å². The summed E-state index contributed by atoms with van der Waals surface area (Å²) in [5.41, 5.74) is 3.43. The van der Waals surface area contributed by atoms with Crippen molar-refractivity contribution in [3.05, 3.63) is 35.4 Å². The molecule has 0 aliphatic carbocycles. The number of aryl methyl sites for hydroxylation is 1. The lowest BCUT2D eigenvalue weighted by Gasteiger charge is -2.24. The lowest BCUT2D eigenvalue weighted by atomic mass is 9.81. The summed E-state index contributed by atoms with van der Waals surface area (Å²) in [6.45, 7) is 13.1. The first-order valence-corrected chi connectivity index (χ1v) is 6.78. The fourth-order valence-electron chi connectivity index (χ4n) is 1.90. The van der Waals surface area contributed by atoms with Gasteiger partial charge in [-0.25, -0.2) is 0 Å². The third-order valence-corrected chi connectivity index (χ3v) is 3.18. The van der Waals surface area contributed by atoms with Crippen molar-refractivity contribution < 1.29 is 0 Å². The van der Waals surface area contributed by atoms with Gasteiger partial charge in [-0.15, -0.1) is 0 Å². The van der Waals surface area contributed by atoms with Crippen LogP contribution < -0.4 is 0 Å². The van der Waals surface area contributed by atoms with Crippen molar-refractivity contribution in [2.24, 2.45) is 10.8 Å². The minimum Gasteiger partial charge on any atom is -0.304 e. The van der Waals surface area contributed by atoms with E-state index in [0.29, 0.717) is 5.41 Å². The zero-order valence-corrected chi connectivity index (χ0v) is 12.7. The normalized spacial score (nSPS) is 12.6. The average molecular weight is 245 g/mol. The third-order valence-electron chi connectivity index (χ3n) is 3.18. The van der Waals surface area contributed by atoms with Crippen LogP contribution in [-0.2, 0) is 6.42 Å². The quantitative estimate of drug-likeness (QED) is 0.718. The van der Waals surface area contributed by atoms with Gasteiger partial charge in [0.1, 0.15) is 0 Å². The topological polar surface area (TPSA) is 23.9 Å². The van der Waals surface area contributed by atoms with Gasteiger partial charge in [0.15, 0.2) is 0 Å². The molecule has 0 amide bonds. The van der Waals surface area contributed by atoms with Gasteiger partial charge in [-0.1, -0.05) is 65.8 Å². The highest BCUT2D eigenvalue weighted by Gasteiger charge is 2.21. The van der Waals surface area contributed by atoms with E-state index < -0.39 is 0 Å². The summed E-state index contributed by atoms with van der Waals surface area (Å²) in [7, 11) is 0. The molecule has 0 radical (unpaired) electrons. The van der Waals surface area contributed by atoms with Crippen LogP contribution in [0.25, 0.3) is 0 Å². The zero-order valence-electron chi connectivity index (χ0n) is 12.7. The molecular weight excluding hydrogens is 218 g/mol. The van der Waals surface area contributed by atoms with Crippen LogP contribution >= 0.6 is 0 Å². The summed E-state index contributed by atoms with van der Waals surface area (Å²) in [6.07, 6.45) is 2.21. The fourth-order valence-corrected chi connectivity index (χ4v) is 1.90. The van der Waals surface area contributed by atoms with Gasteiger partial charge in [-0.05, 0) is 29.4 Å². The van der Waals surface area contributed by atoms with Crippen LogP contribution in [0.2, 0.25) is 0 Å². The summed E-state index contributed by atoms with van der Waals surface area (Å²) >= 11 is 0. The molecule has 0 aliphatic heterocycles. The highest BCUT2D eigenvalue weighted by Crippen LogP contribution is 2.26. The Balaban J connectivity index is 2.97. The Labute approximate surface area is 112 Å². The minimum atomic E-state index is -0.0855. The Morgan fingerprint density at radius 3 is 2.06 bits per heavy atom. The van der Waals surface area contributed by atoms with Crippen molar-refractivity contribution in [1.82, 2.24) is 0 Å². The van der Waals surface area contributed by atoms with E-state index in [4.69, 9.17) is 5.41 Å². The average Bonchev–Trinajstić information content (AvgIpc) is 2.23. The summed E-state index contributed by atoms with van der Waals surface area (Å²) in [6, 6.07) is 8.38. The molecule has 1 nitrogen and oxygen atoms in total. The second-order valence-electron chi connectivity index (χ2n) is 7.34. The Morgan fingerprint density at radius 2 is 1.56 bits per heavy atom. The molecule has 1 aromatic carbocycles. The molecule has 0 unspecified atom stereocenters. The predicted octanol–water partition coefficient (Wildman–Crippen LogP) is 5.08. The maximum Gasteiger partial charge on any atom is 0.0442 e. The molecule has 1 rings (SSSR count). The van der Waals surface area contributed by atoms with E-state index in [0.717, 1.165) is 24.1 Å². The monoisotopic (exact) mass is 245 g/mol. The third kappa shape index (κ3) is 4.29. The predicted molar refractivity (Wildman–Crippen MR) is 80.5 cm³/mol. The molecule has 1 N–H and O–H groups in total. The molecule has 100 valence electrons. The number of benzene rings is 1. The molecule has 1 heteroatoms. The summed E-state index contributed by atoms with van der Waals surface area (Å²) < 4.78 is 0. The van der Waals surface area contributed by atoms with Crippen LogP contribution in [0.3, 0.4) is 0 Å². The highest BCUT2D eigenvalue weighted by atomic mass is 14.5. The lowest BCUT2D eigenvalue weighted by molar-refractivity contribution is 0.378. The second kappa shape index (κ2) is 5.26. The Morgan fingerprint density at radius 1 is 1.00 bits per heavy atom. The van der Waals surface area contributed by atoms with E-state index in [1.807, 2.05) is 6.07 Å². The van der Waals surface area contributed by atoms with Gasteiger partial charge >= 0.3 is 0 Å². The number of hydrogen-bond acceptors (Lipinski definition) is 1. The van der Waals surface area contributed by atoms with Crippen molar-refractivity contribution >= 4 is 5.71 Å². The molecule has 0 spiro atoms. The summed E-state index contributed by atoms with van der Waals surface area (Å²) in [5.74, 6) is 0. The SMILES string of the molecule is CC(C)(C)CCc1ccccc1C(=N)C(C)(C)C. The van der Waals surface area contributed by atoms with Crippen molar-refractivity contribution in [1.29, 1.82) is 5.41 Å².